The molecule has 1 unspecified atom stereocenters. The summed E-state index contributed by atoms with van der Waals surface area (Å²) in [5, 5.41) is 0. The number of ether oxygens (including phenoxy) is 2. The van der Waals surface area contributed by atoms with Crippen molar-refractivity contribution in [2.75, 3.05) is 18.9 Å². The molecule has 0 spiro atoms. The molecule has 1 aromatic heterocycles. The number of hydrogen-bond donors (Lipinski definition) is 1. The van der Waals surface area contributed by atoms with E-state index >= 15 is 0 Å². The highest BCUT2D eigenvalue weighted by molar-refractivity contribution is 5.67. The molecule has 1 saturated heterocycles. The molecule has 0 bridgehead atoms. The van der Waals surface area contributed by atoms with E-state index in [1.807, 2.05) is 0 Å². The molecular formula is C16H16F3N3O2. The highest BCUT2D eigenvalue weighted by Gasteiger charge is 2.36. The predicted molar refractivity (Wildman–Crippen MR) is 80.9 cm³/mol. The van der Waals surface area contributed by atoms with Crippen LogP contribution in [0.25, 0.3) is 11.1 Å². The Morgan fingerprint density at radius 1 is 1.33 bits per heavy atom. The molecule has 128 valence electrons. The number of nitrogen functional groups attached to an aromatic ring is 1. The van der Waals surface area contributed by atoms with Crippen LogP contribution in [0, 0.1) is 0 Å². The van der Waals surface area contributed by atoms with Crippen LogP contribution in [0.2, 0.25) is 0 Å². The Hall–Kier alpha value is -2.19. The van der Waals surface area contributed by atoms with Crippen molar-refractivity contribution in [2.24, 2.45) is 0 Å². The third kappa shape index (κ3) is 3.82. The van der Waals surface area contributed by atoms with Gasteiger partial charge in [-0.15, -0.1) is 0 Å². The number of rotatable bonds is 4. The van der Waals surface area contributed by atoms with Crippen molar-refractivity contribution in [2.45, 2.75) is 25.3 Å². The molecule has 2 N–H and O–H groups in total. The summed E-state index contributed by atoms with van der Waals surface area (Å²) in [7, 11) is 0. The first-order valence-electron chi connectivity index (χ1n) is 7.42. The molecule has 1 aliphatic rings. The lowest BCUT2D eigenvalue weighted by atomic mass is 10.0. The van der Waals surface area contributed by atoms with Crippen LogP contribution in [-0.2, 0) is 22.3 Å². The van der Waals surface area contributed by atoms with Crippen molar-refractivity contribution in [1.29, 1.82) is 0 Å². The summed E-state index contributed by atoms with van der Waals surface area (Å²) >= 11 is 0. The highest BCUT2D eigenvalue weighted by atomic mass is 19.4. The molecule has 1 aliphatic heterocycles. The number of anilines is 1. The van der Waals surface area contributed by atoms with Gasteiger partial charge in [0.05, 0.1) is 19.3 Å². The number of hydrogen-bond acceptors (Lipinski definition) is 5. The van der Waals surface area contributed by atoms with E-state index in [0.29, 0.717) is 25.4 Å². The van der Waals surface area contributed by atoms with E-state index < -0.39 is 17.8 Å². The Labute approximate surface area is 136 Å². The maximum Gasteiger partial charge on any atom is 0.434 e. The molecule has 2 aromatic rings. The van der Waals surface area contributed by atoms with E-state index in [2.05, 4.69) is 9.97 Å². The molecule has 0 saturated carbocycles. The van der Waals surface area contributed by atoms with Crippen molar-refractivity contribution in [3.63, 3.8) is 0 Å². The van der Waals surface area contributed by atoms with Gasteiger partial charge in [0.1, 0.15) is 0 Å². The molecule has 0 amide bonds. The lowest BCUT2D eigenvalue weighted by Crippen LogP contribution is -2.13. The summed E-state index contributed by atoms with van der Waals surface area (Å²) in [6.07, 6.45) is -2.67. The van der Waals surface area contributed by atoms with E-state index in [-0.39, 0.29) is 11.7 Å². The van der Waals surface area contributed by atoms with Crippen LogP contribution in [0.4, 0.5) is 19.1 Å². The summed E-state index contributed by atoms with van der Waals surface area (Å²) in [6.45, 7) is 1.52. The standard InChI is InChI=1S/C16H16F3N3O2/c17-16(18,19)14-13(7-21-15(20)22-14)11-3-1-2-10(6-11)8-24-12-4-5-23-9-12/h1-3,6-7,12H,4-5,8-9H2,(H2,20,21,22). The van der Waals surface area contributed by atoms with Gasteiger partial charge in [-0.25, -0.2) is 9.97 Å². The van der Waals surface area contributed by atoms with Gasteiger partial charge < -0.3 is 15.2 Å². The van der Waals surface area contributed by atoms with Gasteiger partial charge in [0.25, 0.3) is 0 Å². The van der Waals surface area contributed by atoms with E-state index in [0.717, 1.165) is 18.2 Å². The Bertz CT molecular complexity index is 716. The van der Waals surface area contributed by atoms with Crippen molar-refractivity contribution in [1.82, 2.24) is 9.97 Å². The molecule has 3 rings (SSSR count). The molecule has 1 atom stereocenters. The van der Waals surface area contributed by atoms with Crippen molar-refractivity contribution in [3.05, 3.63) is 41.7 Å². The van der Waals surface area contributed by atoms with Gasteiger partial charge in [-0.1, -0.05) is 18.2 Å². The van der Waals surface area contributed by atoms with Gasteiger partial charge in [-0.05, 0) is 23.6 Å². The fraction of sp³-hybridized carbons (Fsp3) is 0.375. The maximum atomic E-state index is 13.2. The minimum Gasteiger partial charge on any atom is -0.379 e. The monoisotopic (exact) mass is 339 g/mol. The van der Waals surface area contributed by atoms with Gasteiger partial charge in [0, 0.05) is 18.4 Å². The van der Waals surface area contributed by atoms with Crippen molar-refractivity contribution in [3.8, 4) is 11.1 Å². The SMILES string of the molecule is Nc1ncc(-c2cccc(COC3CCOC3)c2)c(C(F)(F)F)n1. The van der Waals surface area contributed by atoms with Crippen LogP contribution in [0.5, 0.6) is 0 Å². The predicted octanol–water partition coefficient (Wildman–Crippen LogP) is 3.05. The average molecular weight is 339 g/mol. The fourth-order valence-corrected chi connectivity index (χ4v) is 2.51. The Kier molecular flexibility index (Phi) is 4.68. The average Bonchev–Trinajstić information content (AvgIpc) is 3.06. The summed E-state index contributed by atoms with van der Waals surface area (Å²) in [6, 6.07) is 6.69. The lowest BCUT2D eigenvalue weighted by Gasteiger charge is -2.14. The molecule has 24 heavy (non-hydrogen) atoms. The van der Waals surface area contributed by atoms with Crippen molar-refractivity contribution < 1.29 is 22.6 Å². The second-order valence-electron chi connectivity index (χ2n) is 5.49. The number of halogens is 3. The third-order valence-corrected chi connectivity index (χ3v) is 3.69. The van der Waals surface area contributed by atoms with Gasteiger partial charge >= 0.3 is 6.18 Å². The summed E-state index contributed by atoms with van der Waals surface area (Å²) in [5.41, 5.74) is 5.28. The zero-order chi connectivity index (χ0) is 17.2. The fourth-order valence-electron chi connectivity index (χ4n) is 2.51. The first-order chi connectivity index (χ1) is 11.4. The number of benzene rings is 1. The molecule has 8 heteroatoms. The first kappa shape index (κ1) is 16.7. The highest BCUT2D eigenvalue weighted by Crippen LogP contribution is 2.35. The molecule has 1 fully saturated rings. The molecule has 2 heterocycles. The van der Waals surface area contributed by atoms with Crippen LogP contribution in [0.1, 0.15) is 17.7 Å². The van der Waals surface area contributed by atoms with Gasteiger partial charge in [0.15, 0.2) is 5.69 Å². The molecule has 1 aromatic carbocycles. The minimum absolute atomic E-state index is 0.0271. The minimum atomic E-state index is -4.61. The quantitative estimate of drug-likeness (QED) is 0.927. The normalized spacial score (nSPS) is 18.0. The summed E-state index contributed by atoms with van der Waals surface area (Å²) in [5.74, 6) is -0.410. The Morgan fingerprint density at radius 2 is 2.17 bits per heavy atom. The molecular weight excluding hydrogens is 323 g/mol. The molecule has 5 nitrogen and oxygen atoms in total. The van der Waals surface area contributed by atoms with Crippen LogP contribution in [0.15, 0.2) is 30.5 Å². The van der Waals surface area contributed by atoms with Crippen LogP contribution < -0.4 is 5.73 Å². The van der Waals surface area contributed by atoms with E-state index in [1.54, 1.807) is 24.3 Å². The Morgan fingerprint density at radius 3 is 2.88 bits per heavy atom. The van der Waals surface area contributed by atoms with Crippen LogP contribution >= 0.6 is 0 Å². The second-order valence-corrected chi connectivity index (χ2v) is 5.49. The Balaban J connectivity index is 1.86. The summed E-state index contributed by atoms with van der Waals surface area (Å²) < 4.78 is 50.5. The zero-order valence-electron chi connectivity index (χ0n) is 12.7. The van der Waals surface area contributed by atoms with Gasteiger partial charge in [-0.2, -0.15) is 13.2 Å². The molecule has 0 aliphatic carbocycles. The van der Waals surface area contributed by atoms with Crippen LogP contribution in [0.3, 0.4) is 0 Å². The number of nitrogens with zero attached hydrogens (tertiary/aromatic N) is 2. The lowest BCUT2D eigenvalue weighted by molar-refractivity contribution is -0.140. The van der Waals surface area contributed by atoms with Crippen molar-refractivity contribution >= 4 is 5.95 Å². The third-order valence-electron chi connectivity index (χ3n) is 3.69. The van der Waals surface area contributed by atoms with E-state index in [9.17, 15) is 13.2 Å². The van der Waals surface area contributed by atoms with Gasteiger partial charge in [0.2, 0.25) is 5.95 Å². The zero-order valence-corrected chi connectivity index (χ0v) is 12.7. The second kappa shape index (κ2) is 6.74. The maximum absolute atomic E-state index is 13.2. The smallest absolute Gasteiger partial charge is 0.379 e. The first-order valence-corrected chi connectivity index (χ1v) is 7.42. The van der Waals surface area contributed by atoms with E-state index in [1.165, 1.54) is 0 Å². The topological polar surface area (TPSA) is 70.3 Å². The number of nitrogens with two attached hydrogens (primary N) is 1. The van der Waals surface area contributed by atoms with Crippen LogP contribution in [-0.4, -0.2) is 29.3 Å². The number of aromatic nitrogens is 2. The van der Waals surface area contributed by atoms with Gasteiger partial charge in [-0.3, -0.25) is 0 Å². The molecule has 0 radical (unpaired) electrons. The number of alkyl halides is 3. The van der Waals surface area contributed by atoms with E-state index in [4.69, 9.17) is 15.2 Å². The largest absolute Gasteiger partial charge is 0.434 e. The summed E-state index contributed by atoms with van der Waals surface area (Å²) in [4.78, 5) is 7.04.